The van der Waals surface area contributed by atoms with E-state index in [1.807, 2.05) is 18.5 Å². The maximum atomic E-state index is 12.9. The lowest BCUT2D eigenvalue weighted by molar-refractivity contribution is -0.152. The number of carbonyl (C=O) groups is 3. The summed E-state index contributed by atoms with van der Waals surface area (Å²) in [6.07, 6.45) is 33.7. The fraction of sp³-hybridized carbons (Fsp3) is 0.723. The Bertz CT molecular complexity index is 1410. The maximum absolute atomic E-state index is 12.9. The number of aromatic nitrogens is 1. The van der Waals surface area contributed by atoms with Crippen LogP contribution < -0.4 is 5.32 Å². The van der Waals surface area contributed by atoms with Crippen molar-refractivity contribution in [3.63, 3.8) is 0 Å². The highest BCUT2D eigenvalue weighted by atomic mass is 16.5. The van der Waals surface area contributed by atoms with Gasteiger partial charge in [0.25, 0.3) is 0 Å². The molecule has 7 heteroatoms. The van der Waals surface area contributed by atoms with Gasteiger partial charge in [-0.25, -0.2) is 4.79 Å². The van der Waals surface area contributed by atoms with Crippen LogP contribution in [-0.4, -0.2) is 40.1 Å². The van der Waals surface area contributed by atoms with Crippen LogP contribution in [0.1, 0.15) is 180 Å². The second kappa shape index (κ2) is 21.4. The number of carboxylic acids is 1. The van der Waals surface area contributed by atoms with E-state index >= 15 is 0 Å². The van der Waals surface area contributed by atoms with Gasteiger partial charge in [0.05, 0.1) is 6.42 Å². The summed E-state index contributed by atoms with van der Waals surface area (Å²) in [7, 11) is 0. The van der Waals surface area contributed by atoms with Crippen LogP contribution in [0.15, 0.2) is 42.3 Å². The van der Waals surface area contributed by atoms with E-state index in [1.165, 1.54) is 100 Å². The number of rotatable bonds is 22. The van der Waals surface area contributed by atoms with Crippen LogP contribution in [0.3, 0.4) is 0 Å². The van der Waals surface area contributed by atoms with Gasteiger partial charge in [0, 0.05) is 25.2 Å². The first kappa shape index (κ1) is 43.8. The zero-order valence-corrected chi connectivity index (χ0v) is 34.3. The Morgan fingerprint density at radius 2 is 1.50 bits per heavy atom. The Morgan fingerprint density at radius 1 is 0.852 bits per heavy atom. The summed E-state index contributed by atoms with van der Waals surface area (Å²) >= 11 is 0. The van der Waals surface area contributed by atoms with Gasteiger partial charge in [0.15, 0.2) is 0 Å². The number of fused-ring (bicyclic) bond motifs is 5. The Labute approximate surface area is 328 Å². The molecular weight excluding hydrogens is 673 g/mol. The number of amides is 1. The quantitative estimate of drug-likeness (QED) is 0.0530. The molecular formula is C47H73N2O5-. The number of aliphatic carboxylic acids is 1. The molecule has 2 N–H and O–H groups in total. The van der Waals surface area contributed by atoms with Crippen molar-refractivity contribution in [3.05, 3.63) is 55.2 Å². The van der Waals surface area contributed by atoms with Gasteiger partial charge in [0.2, 0.25) is 5.91 Å². The average Bonchev–Trinajstić information content (AvgIpc) is 3.51. The van der Waals surface area contributed by atoms with Crippen LogP contribution in [0.5, 0.6) is 0 Å². The van der Waals surface area contributed by atoms with E-state index in [9.17, 15) is 19.5 Å². The fourth-order valence-corrected chi connectivity index (χ4v) is 10.8. The van der Waals surface area contributed by atoms with Crippen LogP contribution in [0.4, 0.5) is 0 Å². The lowest BCUT2D eigenvalue weighted by Crippen LogP contribution is -2.50. The Morgan fingerprint density at radius 3 is 2.13 bits per heavy atom. The summed E-state index contributed by atoms with van der Waals surface area (Å²) in [5.41, 5.74) is 4.55. The lowest BCUT2D eigenvalue weighted by atomic mass is 9.47. The molecule has 7 nitrogen and oxygen atoms in total. The number of hydrogen-bond acceptors (Lipinski definition) is 5. The van der Waals surface area contributed by atoms with Gasteiger partial charge >= 0.3 is 11.9 Å². The molecule has 2 fully saturated rings. The topological polar surface area (TPSA) is 106 Å². The number of esters is 1. The van der Waals surface area contributed by atoms with Gasteiger partial charge in [-0.05, 0) is 90.7 Å². The normalized spacial score (nSPS) is 27.6. The van der Waals surface area contributed by atoms with Crippen LogP contribution in [0.25, 0.3) is 5.57 Å². The summed E-state index contributed by atoms with van der Waals surface area (Å²) in [6, 6.07) is 3.35. The molecule has 0 saturated heterocycles. The van der Waals surface area contributed by atoms with Gasteiger partial charge in [-0.15, -0.1) is 0 Å². The summed E-state index contributed by atoms with van der Waals surface area (Å²) in [5, 5.41) is 12.4. The highest BCUT2D eigenvalue weighted by molar-refractivity contribution is 5.85. The minimum Gasteiger partial charge on any atom is -0.480 e. The number of nitrogens with zero attached hydrogens (tertiary/aromatic N) is 1. The van der Waals surface area contributed by atoms with Crippen molar-refractivity contribution in [2.45, 2.75) is 187 Å². The number of nitrogens with one attached hydrogen (secondary N) is 1. The number of hydrogen-bond donors (Lipinski definition) is 2. The molecule has 1 heterocycles. The smallest absolute Gasteiger partial charge is 0.326 e. The number of ether oxygens (including phenoxy) is 1. The van der Waals surface area contributed by atoms with Gasteiger partial charge in [0.1, 0.15) is 12.1 Å². The van der Waals surface area contributed by atoms with Crippen LogP contribution in [0, 0.1) is 36.0 Å². The van der Waals surface area contributed by atoms with Crippen molar-refractivity contribution in [2.24, 2.45) is 28.6 Å². The van der Waals surface area contributed by atoms with Crippen molar-refractivity contribution < 1.29 is 24.2 Å². The Balaban J connectivity index is 0.00000650. The van der Waals surface area contributed by atoms with Crippen molar-refractivity contribution in [3.8, 4) is 0 Å². The molecule has 0 spiro atoms. The second-order valence-electron chi connectivity index (χ2n) is 17.5. The van der Waals surface area contributed by atoms with Gasteiger partial charge in [-0.3, -0.25) is 14.6 Å². The van der Waals surface area contributed by atoms with Crippen LogP contribution in [-0.2, 0) is 19.1 Å². The number of allylic oxidation sites excluding steroid dienone is 3. The second-order valence-corrected chi connectivity index (χ2v) is 17.5. The molecule has 0 bridgehead atoms. The molecule has 302 valence electrons. The third-order valence-corrected chi connectivity index (χ3v) is 13.9. The lowest BCUT2D eigenvalue weighted by Gasteiger charge is -2.57. The maximum Gasteiger partial charge on any atom is 0.326 e. The van der Waals surface area contributed by atoms with E-state index in [0.29, 0.717) is 24.2 Å². The highest BCUT2D eigenvalue weighted by Crippen LogP contribution is 2.66. The predicted octanol–water partition coefficient (Wildman–Crippen LogP) is 11.6. The van der Waals surface area contributed by atoms with Gasteiger partial charge < -0.3 is 22.6 Å². The zero-order chi connectivity index (χ0) is 37.7. The number of pyridine rings is 1. The first-order valence-electron chi connectivity index (χ1n) is 21.7. The van der Waals surface area contributed by atoms with E-state index in [0.717, 1.165) is 51.4 Å². The van der Waals surface area contributed by atoms with Crippen LogP contribution in [0.2, 0.25) is 0 Å². The Kier molecular flexibility index (Phi) is 17.3. The van der Waals surface area contributed by atoms with Gasteiger partial charge in [-0.2, -0.15) is 0 Å². The van der Waals surface area contributed by atoms with Crippen LogP contribution >= 0.6 is 0 Å². The third-order valence-electron chi connectivity index (χ3n) is 13.9. The molecule has 1 amide bonds. The largest absolute Gasteiger partial charge is 0.480 e. The SMILES string of the molecule is CCCCCCCCCCCCCCCCC(NC(=O)CCC(=O)O[C@H]1CC[C@@]2(C)C(=CC[C@@H]3[C@@H]2CC[C@]2(C)C(c4cccnc4)=CC[C@@H]32)C1)C(=O)O.[CH3-]. The molecule has 0 radical (unpaired) electrons. The third kappa shape index (κ3) is 11.3. The predicted molar refractivity (Wildman–Crippen MR) is 219 cm³/mol. The summed E-state index contributed by atoms with van der Waals surface area (Å²) in [6.45, 7) is 7.21. The van der Waals surface area contributed by atoms with E-state index in [-0.39, 0.29) is 43.2 Å². The summed E-state index contributed by atoms with van der Waals surface area (Å²) in [5.74, 6) is 0.186. The molecule has 1 aromatic rings. The molecule has 0 aromatic carbocycles. The van der Waals surface area contributed by atoms with E-state index in [4.69, 9.17) is 4.74 Å². The minimum absolute atomic E-state index is 0. The number of unbranched alkanes of at least 4 members (excludes halogenated alkanes) is 13. The molecule has 2 saturated carbocycles. The Hall–Kier alpha value is -2.96. The first-order chi connectivity index (χ1) is 25.7. The molecule has 7 atom stereocenters. The van der Waals surface area contributed by atoms with E-state index in [2.05, 4.69) is 49.3 Å². The van der Waals surface area contributed by atoms with Crippen molar-refractivity contribution >= 4 is 23.4 Å². The number of carboxylic acid groups (broad SMARTS) is 1. The summed E-state index contributed by atoms with van der Waals surface area (Å²) in [4.78, 5) is 41.8. The molecule has 1 unspecified atom stereocenters. The average molecular weight is 746 g/mol. The monoisotopic (exact) mass is 746 g/mol. The van der Waals surface area contributed by atoms with E-state index < -0.39 is 17.9 Å². The zero-order valence-electron chi connectivity index (χ0n) is 34.3. The molecule has 0 aliphatic heterocycles. The molecule has 5 rings (SSSR count). The highest BCUT2D eigenvalue weighted by Gasteiger charge is 2.57. The first-order valence-corrected chi connectivity index (χ1v) is 21.7. The fourth-order valence-electron chi connectivity index (χ4n) is 10.8. The molecule has 1 aromatic heterocycles. The number of carbonyl (C=O) groups excluding carboxylic acids is 2. The molecule has 4 aliphatic rings. The molecule has 4 aliphatic carbocycles. The summed E-state index contributed by atoms with van der Waals surface area (Å²) < 4.78 is 5.94. The minimum atomic E-state index is -1.01. The van der Waals surface area contributed by atoms with Crippen molar-refractivity contribution in [1.29, 1.82) is 0 Å². The molecule has 54 heavy (non-hydrogen) atoms. The standard InChI is InChI=1S/C46H70N2O5.CH3/c1-4-5-6-7-8-9-10-11-12-13-14-15-16-17-20-41(44(51)52)48-42(49)25-26-43(50)53-36-27-29-45(2)35(32-36)21-22-37-39-24-23-38(34-19-18-31-47-33-34)46(39,3)30-28-40(37)45;/h18-19,21,23,31,33,36-37,39-41H,4-17,20,22,24-30,32H2,1-3H3,(H,48,49)(H,51,52);1H3/q;-1/t36-,37-,39-,40-,41?,45-,46+;/m0./s1. The van der Waals surface area contributed by atoms with Crippen molar-refractivity contribution in [2.75, 3.05) is 0 Å². The van der Waals surface area contributed by atoms with Crippen molar-refractivity contribution in [1.82, 2.24) is 10.3 Å². The van der Waals surface area contributed by atoms with E-state index in [1.54, 1.807) is 0 Å². The van der Waals surface area contributed by atoms with Gasteiger partial charge in [-0.1, -0.05) is 134 Å².